The molecule has 0 unspecified atom stereocenters. The minimum atomic E-state index is 0.932. The summed E-state index contributed by atoms with van der Waals surface area (Å²) >= 11 is 0. The quantitative estimate of drug-likeness (QED) is 0.422. The molecule has 0 amide bonds. The molecule has 0 N–H and O–H groups in total. The first-order valence-electron chi connectivity index (χ1n) is 6.94. The largest absolute Gasteiger partial charge is 0.363 e. The van der Waals surface area contributed by atoms with Gasteiger partial charge < -0.3 is 4.90 Å². The molecule has 1 aromatic carbocycles. The molecule has 1 rings (SSSR count). The lowest BCUT2D eigenvalue weighted by Gasteiger charge is -2.16. The number of rotatable bonds is 6. The fourth-order valence-corrected chi connectivity index (χ4v) is 1.92. The molecule has 18 heavy (non-hydrogen) atoms. The van der Waals surface area contributed by atoms with Crippen LogP contribution in [-0.2, 0) is 0 Å². The number of amidine groups is 1. The Hall–Kier alpha value is -1.31. The molecule has 0 aromatic heterocycles. The molecule has 0 fully saturated rings. The predicted molar refractivity (Wildman–Crippen MR) is 80.4 cm³/mol. The fourth-order valence-electron chi connectivity index (χ4n) is 1.92. The number of nitrogens with zero attached hydrogens (tertiary/aromatic N) is 2. The highest BCUT2D eigenvalue weighted by Crippen LogP contribution is 2.07. The molecular formula is C16H26N2. The van der Waals surface area contributed by atoms with Crippen molar-refractivity contribution in [2.24, 2.45) is 4.99 Å². The summed E-state index contributed by atoms with van der Waals surface area (Å²) in [4.78, 5) is 6.84. The molecule has 0 aliphatic carbocycles. The second kappa shape index (κ2) is 7.91. The number of aryl methyl sites for hydroxylation is 1. The molecule has 0 heterocycles. The van der Waals surface area contributed by atoms with Gasteiger partial charge in [0.1, 0.15) is 5.84 Å². The van der Waals surface area contributed by atoms with Gasteiger partial charge in [-0.2, -0.15) is 0 Å². The second-order valence-corrected chi connectivity index (χ2v) is 5.03. The van der Waals surface area contributed by atoms with Gasteiger partial charge in [0.05, 0.1) is 0 Å². The molecule has 0 spiro atoms. The molecule has 0 atom stereocenters. The van der Waals surface area contributed by atoms with Crippen molar-refractivity contribution in [1.82, 2.24) is 4.90 Å². The van der Waals surface area contributed by atoms with Gasteiger partial charge in [-0.25, -0.2) is 0 Å². The summed E-state index contributed by atoms with van der Waals surface area (Å²) < 4.78 is 0. The van der Waals surface area contributed by atoms with Crippen LogP contribution in [0.5, 0.6) is 0 Å². The maximum Gasteiger partial charge on any atom is 0.130 e. The monoisotopic (exact) mass is 246 g/mol. The molecule has 2 nitrogen and oxygen atoms in total. The van der Waals surface area contributed by atoms with E-state index in [-0.39, 0.29) is 0 Å². The van der Waals surface area contributed by atoms with Crippen LogP contribution in [0, 0.1) is 6.92 Å². The molecule has 0 saturated carbocycles. The average molecular weight is 246 g/mol. The van der Waals surface area contributed by atoms with E-state index in [0.29, 0.717) is 0 Å². The smallest absolute Gasteiger partial charge is 0.130 e. The first-order chi connectivity index (χ1) is 8.65. The molecule has 0 radical (unpaired) electrons. The van der Waals surface area contributed by atoms with E-state index in [1.165, 1.54) is 36.8 Å². The maximum atomic E-state index is 4.74. The van der Waals surface area contributed by atoms with Gasteiger partial charge in [-0.3, -0.25) is 4.99 Å². The Balaban J connectivity index is 2.64. The Labute approximate surface area is 112 Å². The third kappa shape index (κ3) is 4.91. The first kappa shape index (κ1) is 14.7. The van der Waals surface area contributed by atoms with Gasteiger partial charge in [-0.05, 0) is 13.3 Å². The Morgan fingerprint density at radius 2 is 1.72 bits per heavy atom. The van der Waals surface area contributed by atoms with Crippen molar-refractivity contribution >= 4 is 5.84 Å². The molecule has 1 aromatic rings. The third-order valence-electron chi connectivity index (χ3n) is 3.01. The Bertz CT molecular complexity index is 363. The molecule has 0 aliphatic rings. The molecule has 100 valence electrons. The van der Waals surface area contributed by atoms with Gasteiger partial charge >= 0.3 is 0 Å². The van der Waals surface area contributed by atoms with E-state index < -0.39 is 0 Å². The van der Waals surface area contributed by atoms with Crippen molar-refractivity contribution in [2.75, 3.05) is 20.6 Å². The van der Waals surface area contributed by atoms with Gasteiger partial charge in [0.25, 0.3) is 0 Å². The van der Waals surface area contributed by atoms with Crippen LogP contribution in [0.3, 0.4) is 0 Å². The Kier molecular flexibility index (Phi) is 6.48. The van der Waals surface area contributed by atoms with Crippen molar-refractivity contribution in [3.8, 4) is 0 Å². The lowest BCUT2D eigenvalue weighted by Crippen LogP contribution is -2.23. The van der Waals surface area contributed by atoms with E-state index in [0.717, 1.165) is 12.4 Å². The van der Waals surface area contributed by atoms with Gasteiger partial charge in [-0.15, -0.1) is 0 Å². The van der Waals surface area contributed by atoms with E-state index in [9.17, 15) is 0 Å². The van der Waals surface area contributed by atoms with Gasteiger partial charge in [0.2, 0.25) is 0 Å². The molecular weight excluding hydrogens is 220 g/mol. The lowest BCUT2D eigenvalue weighted by molar-refractivity contribution is 0.612. The summed E-state index contributed by atoms with van der Waals surface area (Å²) in [6.07, 6.45) is 5.07. The van der Waals surface area contributed by atoms with Crippen molar-refractivity contribution in [3.63, 3.8) is 0 Å². The third-order valence-corrected chi connectivity index (χ3v) is 3.01. The topological polar surface area (TPSA) is 15.6 Å². The van der Waals surface area contributed by atoms with Gasteiger partial charge in [0.15, 0.2) is 0 Å². The zero-order chi connectivity index (χ0) is 13.4. The number of hydrogen-bond donors (Lipinski definition) is 0. The lowest BCUT2D eigenvalue weighted by atomic mass is 10.1. The van der Waals surface area contributed by atoms with Gasteiger partial charge in [0, 0.05) is 26.2 Å². The fraction of sp³-hybridized carbons (Fsp3) is 0.562. The van der Waals surface area contributed by atoms with Crippen molar-refractivity contribution in [1.29, 1.82) is 0 Å². The van der Waals surface area contributed by atoms with Crippen LogP contribution in [0.4, 0.5) is 0 Å². The van der Waals surface area contributed by atoms with Crippen LogP contribution >= 0.6 is 0 Å². The highest BCUT2D eigenvalue weighted by atomic mass is 15.1. The van der Waals surface area contributed by atoms with Crippen molar-refractivity contribution in [3.05, 3.63) is 35.4 Å². The molecule has 2 heteroatoms. The summed E-state index contributed by atoms with van der Waals surface area (Å²) in [5.41, 5.74) is 2.50. The summed E-state index contributed by atoms with van der Waals surface area (Å²) in [7, 11) is 4.12. The minimum Gasteiger partial charge on any atom is -0.363 e. The zero-order valence-electron chi connectivity index (χ0n) is 12.2. The van der Waals surface area contributed by atoms with Crippen molar-refractivity contribution in [2.45, 2.75) is 39.5 Å². The number of aliphatic imine (C=N–C) groups is 1. The van der Waals surface area contributed by atoms with E-state index in [1.54, 1.807) is 0 Å². The van der Waals surface area contributed by atoms with Crippen molar-refractivity contribution < 1.29 is 0 Å². The summed E-state index contributed by atoms with van der Waals surface area (Å²) in [5, 5.41) is 0. The van der Waals surface area contributed by atoms with Crippen LogP contribution in [0.1, 0.15) is 43.7 Å². The zero-order valence-corrected chi connectivity index (χ0v) is 12.2. The van der Waals surface area contributed by atoms with Crippen LogP contribution < -0.4 is 0 Å². The molecule has 0 bridgehead atoms. The van der Waals surface area contributed by atoms with Crippen LogP contribution in [0.2, 0.25) is 0 Å². The number of hydrogen-bond acceptors (Lipinski definition) is 1. The highest BCUT2D eigenvalue weighted by Gasteiger charge is 2.04. The maximum absolute atomic E-state index is 4.74. The van der Waals surface area contributed by atoms with E-state index in [1.807, 2.05) is 0 Å². The van der Waals surface area contributed by atoms with Crippen LogP contribution in [0.15, 0.2) is 29.3 Å². The van der Waals surface area contributed by atoms with Gasteiger partial charge in [-0.1, -0.05) is 56.0 Å². The van der Waals surface area contributed by atoms with Crippen LogP contribution in [-0.4, -0.2) is 31.4 Å². The normalized spacial score (nSPS) is 11.7. The first-order valence-corrected chi connectivity index (χ1v) is 6.94. The molecule has 0 aliphatic heterocycles. The summed E-state index contributed by atoms with van der Waals surface area (Å²) in [6.45, 7) is 5.28. The highest BCUT2D eigenvalue weighted by molar-refractivity contribution is 5.98. The number of unbranched alkanes of at least 4 members (excludes halogenated alkanes) is 3. The van der Waals surface area contributed by atoms with Crippen LogP contribution in [0.25, 0.3) is 0 Å². The summed E-state index contributed by atoms with van der Waals surface area (Å²) in [6, 6.07) is 8.59. The van der Waals surface area contributed by atoms with E-state index >= 15 is 0 Å². The molecule has 0 saturated heterocycles. The average Bonchev–Trinajstić information content (AvgIpc) is 2.35. The van der Waals surface area contributed by atoms with E-state index in [4.69, 9.17) is 4.99 Å². The number of benzene rings is 1. The summed E-state index contributed by atoms with van der Waals surface area (Å²) in [5.74, 6) is 1.09. The minimum absolute atomic E-state index is 0.932. The Morgan fingerprint density at radius 3 is 2.28 bits per heavy atom. The standard InChI is InChI=1S/C16H26N2/c1-5-6-7-8-13-17-16(18(3)4)15-11-9-14(2)10-12-15/h9-12H,5-8,13H2,1-4H3. The second-order valence-electron chi connectivity index (χ2n) is 5.03. The van der Waals surface area contributed by atoms with E-state index in [2.05, 4.69) is 57.1 Å². The SMILES string of the molecule is CCCCCCN=C(c1ccc(C)cc1)N(C)C. The predicted octanol–water partition coefficient (Wildman–Crippen LogP) is 3.88. The Morgan fingerprint density at radius 1 is 1.06 bits per heavy atom.